The minimum absolute atomic E-state index is 0.232. The fraction of sp³-hybridized carbons (Fsp3) is 0.682. The monoisotopic (exact) mass is 340 g/mol. The van der Waals surface area contributed by atoms with Gasteiger partial charge in [0.25, 0.3) is 5.91 Å². The number of carbonyl (C=O) groups excluding carboxylic acids is 1. The maximum absolute atomic E-state index is 12.8. The molecule has 1 aromatic carbocycles. The van der Waals surface area contributed by atoms with Crippen LogP contribution in [0.15, 0.2) is 24.3 Å². The van der Waals surface area contributed by atoms with Gasteiger partial charge in [-0.3, -0.25) is 4.79 Å². The maximum atomic E-state index is 12.8. The van der Waals surface area contributed by atoms with Gasteiger partial charge in [0.2, 0.25) is 0 Å². The van der Waals surface area contributed by atoms with Crippen molar-refractivity contribution in [3.05, 3.63) is 35.4 Å². The van der Waals surface area contributed by atoms with E-state index in [1.807, 2.05) is 0 Å². The van der Waals surface area contributed by atoms with Gasteiger partial charge in [-0.2, -0.15) is 0 Å². The Hall–Kier alpha value is -1.35. The molecule has 0 N–H and O–H groups in total. The van der Waals surface area contributed by atoms with Crippen LogP contribution in [0, 0.1) is 0 Å². The molecule has 25 heavy (non-hydrogen) atoms. The van der Waals surface area contributed by atoms with E-state index in [0.29, 0.717) is 12.0 Å². The van der Waals surface area contributed by atoms with Crippen molar-refractivity contribution in [3.63, 3.8) is 0 Å². The second-order valence-electron chi connectivity index (χ2n) is 8.22. The number of hydrogen-bond acceptors (Lipinski definition) is 2. The third-order valence-corrected chi connectivity index (χ3v) is 6.64. The zero-order chi connectivity index (χ0) is 17.1. The fourth-order valence-electron chi connectivity index (χ4n) is 5.06. The van der Waals surface area contributed by atoms with Crippen LogP contribution in [0.3, 0.4) is 0 Å². The highest BCUT2D eigenvalue weighted by Gasteiger charge is 2.28. The molecule has 0 spiro atoms. The van der Waals surface area contributed by atoms with Crippen LogP contribution in [0.5, 0.6) is 0 Å². The molecule has 1 aromatic rings. The van der Waals surface area contributed by atoms with Gasteiger partial charge in [-0.25, -0.2) is 0 Å². The Morgan fingerprint density at radius 3 is 2.04 bits per heavy atom. The highest BCUT2D eigenvalue weighted by atomic mass is 16.2. The fourth-order valence-corrected chi connectivity index (χ4v) is 5.06. The summed E-state index contributed by atoms with van der Waals surface area (Å²) < 4.78 is 0. The Morgan fingerprint density at radius 2 is 1.40 bits per heavy atom. The van der Waals surface area contributed by atoms with E-state index in [1.165, 1.54) is 63.6 Å². The molecule has 2 aliphatic heterocycles. The van der Waals surface area contributed by atoms with Crippen LogP contribution >= 0.6 is 0 Å². The van der Waals surface area contributed by atoms with Crippen molar-refractivity contribution in [3.8, 4) is 0 Å². The van der Waals surface area contributed by atoms with Gasteiger partial charge in [-0.1, -0.05) is 31.4 Å². The molecule has 1 saturated carbocycles. The summed E-state index contributed by atoms with van der Waals surface area (Å²) in [7, 11) is 0. The molecule has 3 nitrogen and oxygen atoms in total. The van der Waals surface area contributed by atoms with Crippen molar-refractivity contribution in [1.82, 2.24) is 9.80 Å². The third kappa shape index (κ3) is 3.92. The molecule has 1 amide bonds. The first-order valence-electron chi connectivity index (χ1n) is 10.4. The maximum Gasteiger partial charge on any atom is 0.253 e. The van der Waals surface area contributed by atoms with Gasteiger partial charge in [-0.15, -0.1) is 0 Å². The van der Waals surface area contributed by atoms with E-state index in [4.69, 9.17) is 0 Å². The van der Waals surface area contributed by atoms with Crippen LogP contribution in [-0.4, -0.2) is 47.9 Å². The Bertz CT molecular complexity index is 562. The lowest BCUT2D eigenvalue weighted by Crippen LogP contribution is -2.45. The summed E-state index contributed by atoms with van der Waals surface area (Å²) in [6, 6.07) is 9.26. The van der Waals surface area contributed by atoms with Crippen LogP contribution in [0.1, 0.15) is 79.6 Å². The van der Waals surface area contributed by atoms with Crippen LogP contribution < -0.4 is 0 Å². The van der Waals surface area contributed by atoms with Crippen LogP contribution in [0.2, 0.25) is 0 Å². The number of hydrogen-bond donors (Lipinski definition) is 0. The summed E-state index contributed by atoms with van der Waals surface area (Å²) in [6.45, 7) is 4.37. The quantitative estimate of drug-likeness (QED) is 0.812. The molecule has 0 atom stereocenters. The average Bonchev–Trinajstić information content (AvgIpc) is 3.23. The van der Waals surface area contributed by atoms with Gasteiger partial charge in [0, 0.05) is 24.7 Å². The van der Waals surface area contributed by atoms with Gasteiger partial charge in [0.1, 0.15) is 0 Å². The Balaban J connectivity index is 1.33. The molecule has 0 radical (unpaired) electrons. The molecule has 136 valence electrons. The summed E-state index contributed by atoms with van der Waals surface area (Å²) >= 11 is 0. The van der Waals surface area contributed by atoms with E-state index in [9.17, 15) is 4.79 Å². The van der Waals surface area contributed by atoms with Gasteiger partial charge < -0.3 is 9.80 Å². The standard InChI is InChI=1S/C22H32N2O/c25-22(24-16-12-21(13-17-24)23-14-4-5-15-23)20-10-8-19(9-11-20)18-6-2-1-3-7-18/h8-11,18,21H,1-7,12-17H2. The zero-order valence-corrected chi connectivity index (χ0v) is 15.5. The Labute approximate surface area is 152 Å². The molecule has 0 unspecified atom stereocenters. The molecule has 3 aliphatic rings. The molecule has 2 saturated heterocycles. The molecule has 3 fully saturated rings. The highest BCUT2D eigenvalue weighted by molar-refractivity contribution is 5.94. The Kier molecular flexibility index (Phi) is 5.40. The van der Waals surface area contributed by atoms with Crippen LogP contribution in [0.25, 0.3) is 0 Å². The smallest absolute Gasteiger partial charge is 0.253 e. The SMILES string of the molecule is O=C(c1ccc(C2CCCCC2)cc1)N1CCC(N2CCCC2)CC1. The minimum atomic E-state index is 0.232. The summed E-state index contributed by atoms with van der Waals surface area (Å²) in [5.74, 6) is 0.948. The number of nitrogens with zero attached hydrogens (tertiary/aromatic N) is 2. The lowest BCUT2D eigenvalue weighted by molar-refractivity contribution is 0.0644. The number of piperidine rings is 1. The number of carbonyl (C=O) groups is 1. The van der Waals surface area contributed by atoms with Gasteiger partial charge >= 0.3 is 0 Å². The molecule has 1 aliphatic carbocycles. The first-order chi connectivity index (χ1) is 12.3. The molecule has 2 heterocycles. The van der Waals surface area contributed by atoms with E-state index >= 15 is 0 Å². The lowest BCUT2D eigenvalue weighted by Gasteiger charge is -2.36. The summed E-state index contributed by atoms with van der Waals surface area (Å²) in [5.41, 5.74) is 2.31. The van der Waals surface area contributed by atoms with E-state index in [0.717, 1.165) is 31.5 Å². The minimum Gasteiger partial charge on any atom is -0.339 e. The molecule has 4 rings (SSSR count). The number of rotatable bonds is 3. The average molecular weight is 341 g/mol. The predicted molar refractivity (Wildman–Crippen MR) is 102 cm³/mol. The van der Waals surface area contributed by atoms with Crippen molar-refractivity contribution < 1.29 is 4.79 Å². The second kappa shape index (κ2) is 7.90. The molecule has 3 heteroatoms. The van der Waals surface area contributed by atoms with Crippen molar-refractivity contribution >= 4 is 5.91 Å². The number of likely N-dealkylation sites (tertiary alicyclic amines) is 2. The molecule has 0 bridgehead atoms. The van der Waals surface area contributed by atoms with Gasteiger partial charge in [0.15, 0.2) is 0 Å². The third-order valence-electron chi connectivity index (χ3n) is 6.64. The summed E-state index contributed by atoms with van der Waals surface area (Å²) in [6.07, 6.45) is 11.7. The van der Waals surface area contributed by atoms with Crippen molar-refractivity contribution in [2.45, 2.75) is 69.7 Å². The predicted octanol–water partition coefficient (Wildman–Crippen LogP) is 4.43. The van der Waals surface area contributed by atoms with E-state index in [-0.39, 0.29) is 5.91 Å². The van der Waals surface area contributed by atoms with Gasteiger partial charge in [-0.05, 0) is 75.2 Å². The summed E-state index contributed by atoms with van der Waals surface area (Å²) in [4.78, 5) is 17.5. The van der Waals surface area contributed by atoms with Crippen LogP contribution in [-0.2, 0) is 0 Å². The lowest BCUT2D eigenvalue weighted by atomic mass is 9.84. The van der Waals surface area contributed by atoms with E-state index < -0.39 is 0 Å². The summed E-state index contributed by atoms with van der Waals surface area (Å²) in [5, 5.41) is 0. The van der Waals surface area contributed by atoms with E-state index in [2.05, 4.69) is 34.1 Å². The van der Waals surface area contributed by atoms with Crippen molar-refractivity contribution in [1.29, 1.82) is 0 Å². The molecule has 0 aromatic heterocycles. The van der Waals surface area contributed by atoms with E-state index in [1.54, 1.807) is 0 Å². The number of amides is 1. The highest BCUT2D eigenvalue weighted by Crippen LogP contribution is 2.32. The van der Waals surface area contributed by atoms with Crippen molar-refractivity contribution in [2.24, 2.45) is 0 Å². The topological polar surface area (TPSA) is 23.6 Å². The normalized spacial score (nSPS) is 23.9. The second-order valence-corrected chi connectivity index (χ2v) is 8.22. The molecular formula is C22H32N2O. The molecular weight excluding hydrogens is 308 g/mol. The first kappa shape index (κ1) is 17.1. The Morgan fingerprint density at radius 1 is 0.760 bits per heavy atom. The van der Waals surface area contributed by atoms with Crippen LogP contribution in [0.4, 0.5) is 0 Å². The first-order valence-corrected chi connectivity index (χ1v) is 10.4. The zero-order valence-electron chi connectivity index (χ0n) is 15.5. The number of benzene rings is 1. The largest absolute Gasteiger partial charge is 0.339 e. The van der Waals surface area contributed by atoms with Gasteiger partial charge in [0.05, 0.1) is 0 Å². The van der Waals surface area contributed by atoms with Crippen molar-refractivity contribution in [2.75, 3.05) is 26.2 Å².